The molecule has 41 heavy (non-hydrogen) atoms. The number of nitrogens with one attached hydrogen (secondary N) is 1. The summed E-state index contributed by atoms with van der Waals surface area (Å²) in [7, 11) is 8.05. The number of halogens is 1. The van der Waals surface area contributed by atoms with Crippen LogP contribution in [0.5, 0.6) is 0 Å². The summed E-state index contributed by atoms with van der Waals surface area (Å²) in [5, 5.41) is 14.4. The van der Waals surface area contributed by atoms with E-state index in [-0.39, 0.29) is 12.1 Å². The average Bonchev–Trinajstić information content (AvgIpc) is 3.48. The standard InChI is InChI=1S/C30H38ClN9O/c1-16-7-10-21-25(17(2)34-35-21)24(16)28-32-20-11-12-39(30-26(31)27(18-8-9-18)36-38(30)5)13-19(20)29(33-28)40-14-22(37(3)4)23(15-40)41-6/h7,10,18,22-23H,8-9,11-15H2,1-6H3,(H,34,35). The van der Waals surface area contributed by atoms with Gasteiger partial charge in [-0.25, -0.2) is 9.97 Å². The molecule has 11 heteroatoms. The van der Waals surface area contributed by atoms with Crippen molar-refractivity contribution in [3.05, 3.63) is 45.4 Å². The molecule has 3 aliphatic rings. The van der Waals surface area contributed by atoms with Gasteiger partial charge in [0.25, 0.3) is 0 Å². The lowest BCUT2D eigenvalue weighted by atomic mass is 10.00. The molecule has 0 bridgehead atoms. The van der Waals surface area contributed by atoms with Crippen LogP contribution < -0.4 is 9.80 Å². The first kappa shape index (κ1) is 26.7. The SMILES string of the molecule is COC1CN(c2nc(-c3c(C)ccc4n[nH]c(C)c34)nc3c2CN(c2c(Cl)c(C4CC4)nn2C)CC3)CC1N(C)C. The fourth-order valence-electron chi connectivity index (χ4n) is 6.74. The van der Waals surface area contributed by atoms with Crippen LogP contribution in [0.1, 0.15) is 47.0 Å². The van der Waals surface area contributed by atoms with Crippen LogP contribution in [0.3, 0.4) is 0 Å². The first-order valence-electron chi connectivity index (χ1n) is 14.5. The van der Waals surface area contributed by atoms with Crippen LogP contribution in [0.25, 0.3) is 22.3 Å². The highest BCUT2D eigenvalue weighted by molar-refractivity contribution is 6.33. The van der Waals surface area contributed by atoms with Crippen LogP contribution in [-0.4, -0.2) is 87.8 Å². The molecule has 1 saturated carbocycles. The van der Waals surface area contributed by atoms with Crippen molar-refractivity contribution >= 4 is 34.1 Å². The quantitative estimate of drug-likeness (QED) is 0.365. The maximum Gasteiger partial charge on any atom is 0.162 e. The third-order valence-corrected chi connectivity index (χ3v) is 9.49. The molecular formula is C30H38ClN9O. The molecule has 3 aromatic heterocycles. The highest BCUT2D eigenvalue weighted by Crippen LogP contribution is 2.46. The lowest BCUT2D eigenvalue weighted by Crippen LogP contribution is -2.39. The Morgan fingerprint density at radius 3 is 2.61 bits per heavy atom. The largest absolute Gasteiger partial charge is 0.378 e. The summed E-state index contributed by atoms with van der Waals surface area (Å²) in [6.07, 6.45) is 3.23. The minimum atomic E-state index is 0.0904. The van der Waals surface area contributed by atoms with Crippen molar-refractivity contribution in [2.45, 2.75) is 57.7 Å². The van der Waals surface area contributed by atoms with E-state index in [1.54, 1.807) is 7.11 Å². The number of aryl methyl sites for hydroxylation is 3. The molecule has 2 fully saturated rings. The van der Waals surface area contributed by atoms with Gasteiger partial charge in [-0.3, -0.25) is 9.78 Å². The van der Waals surface area contributed by atoms with Crippen molar-refractivity contribution in [1.82, 2.24) is 34.8 Å². The highest BCUT2D eigenvalue weighted by atomic mass is 35.5. The first-order valence-corrected chi connectivity index (χ1v) is 14.9. The Bertz CT molecular complexity index is 1640. The Labute approximate surface area is 245 Å². The maximum absolute atomic E-state index is 6.97. The van der Waals surface area contributed by atoms with Gasteiger partial charge in [-0.15, -0.1) is 0 Å². The van der Waals surface area contributed by atoms with E-state index in [0.717, 1.165) is 93.2 Å². The topological polar surface area (TPSA) is 91.2 Å². The minimum absolute atomic E-state index is 0.0904. The average molecular weight is 576 g/mol. The minimum Gasteiger partial charge on any atom is -0.378 e. The number of H-pyrrole nitrogens is 1. The molecule has 1 N–H and O–H groups in total. The maximum atomic E-state index is 6.97. The van der Waals surface area contributed by atoms with Crippen molar-refractivity contribution in [3.63, 3.8) is 0 Å². The summed E-state index contributed by atoms with van der Waals surface area (Å²) < 4.78 is 7.91. The number of fused-ring (bicyclic) bond motifs is 2. The van der Waals surface area contributed by atoms with Gasteiger partial charge < -0.3 is 19.4 Å². The second-order valence-electron chi connectivity index (χ2n) is 12.1. The number of likely N-dealkylation sites (N-methyl/N-ethyl adjacent to an activating group) is 1. The fourth-order valence-corrected chi connectivity index (χ4v) is 7.17. The molecule has 2 atom stereocenters. The monoisotopic (exact) mass is 575 g/mol. The number of nitrogens with zero attached hydrogens (tertiary/aromatic N) is 8. The summed E-state index contributed by atoms with van der Waals surface area (Å²) in [6, 6.07) is 4.44. The molecule has 10 nitrogen and oxygen atoms in total. The zero-order valence-corrected chi connectivity index (χ0v) is 25.5. The molecule has 1 aliphatic carbocycles. The number of aromatic amines is 1. The van der Waals surface area contributed by atoms with E-state index < -0.39 is 0 Å². The van der Waals surface area contributed by atoms with Gasteiger partial charge in [0.2, 0.25) is 0 Å². The van der Waals surface area contributed by atoms with E-state index in [9.17, 15) is 0 Å². The summed E-state index contributed by atoms with van der Waals surface area (Å²) in [4.78, 5) is 17.6. The predicted octanol–water partition coefficient (Wildman–Crippen LogP) is 4.23. The first-order chi connectivity index (χ1) is 19.7. The Morgan fingerprint density at radius 2 is 1.90 bits per heavy atom. The second-order valence-corrected chi connectivity index (χ2v) is 12.5. The highest BCUT2D eigenvalue weighted by Gasteiger charge is 2.39. The predicted molar refractivity (Wildman–Crippen MR) is 162 cm³/mol. The van der Waals surface area contributed by atoms with Crippen molar-refractivity contribution in [2.75, 3.05) is 50.6 Å². The molecule has 2 unspecified atom stereocenters. The van der Waals surface area contributed by atoms with E-state index in [2.05, 4.69) is 65.0 Å². The molecule has 1 aromatic carbocycles. The summed E-state index contributed by atoms with van der Waals surface area (Å²) >= 11 is 6.97. The molecule has 4 aromatic rings. The van der Waals surface area contributed by atoms with E-state index >= 15 is 0 Å². The number of aromatic nitrogens is 6. The Kier molecular flexibility index (Phi) is 6.48. The van der Waals surface area contributed by atoms with Gasteiger partial charge in [0.15, 0.2) is 5.82 Å². The molecule has 0 spiro atoms. The van der Waals surface area contributed by atoms with Crippen molar-refractivity contribution < 1.29 is 4.74 Å². The van der Waals surface area contributed by atoms with Gasteiger partial charge in [0.05, 0.1) is 29.1 Å². The summed E-state index contributed by atoms with van der Waals surface area (Å²) in [5.74, 6) is 3.24. The van der Waals surface area contributed by atoms with E-state index in [0.29, 0.717) is 12.5 Å². The van der Waals surface area contributed by atoms with Crippen LogP contribution >= 0.6 is 11.6 Å². The molecule has 7 rings (SSSR count). The number of methoxy groups -OCH3 is 1. The lowest BCUT2D eigenvalue weighted by Gasteiger charge is -2.33. The third kappa shape index (κ3) is 4.38. The van der Waals surface area contributed by atoms with Crippen LogP contribution in [0.2, 0.25) is 5.02 Å². The molecule has 216 valence electrons. The number of hydrogen-bond donors (Lipinski definition) is 1. The molecular weight excluding hydrogens is 538 g/mol. The van der Waals surface area contributed by atoms with Gasteiger partial charge >= 0.3 is 0 Å². The van der Waals surface area contributed by atoms with Crippen LogP contribution in [0.15, 0.2) is 12.1 Å². The van der Waals surface area contributed by atoms with Gasteiger partial charge in [0, 0.05) is 74.9 Å². The number of benzene rings is 1. The van der Waals surface area contributed by atoms with Crippen LogP contribution in [-0.2, 0) is 24.8 Å². The second kappa shape index (κ2) is 9.96. The van der Waals surface area contributed by atoms with Gasteiger partial charge in [-0.2, -0.15) is 10.2 Å². The molecule has 1 saturated heterocycles. The van der Waals surface area contributed by atoms with Crippen LogP contribution in [0, 0.1) is 13.8 Å². The van der Waals surface area contributed by atoms with E-state index in [1.165, 1.54) is 12.8 Å². The van der Waals surface area contributed by atoms with Crippen molar-refractivity contribution in [2.24, 2.45) is 7.05 Å². The van der Waals surface area contributed by atoms with E-state index in [4.69, 9.17) is 31.4 Å². The fraction of sp³-hybridized carbons (Fsp3) is 0.533. The Morgan fingerprint density at radius 1 is 1.10 bits per heavy atom. The Hall–Kier alpha value is -3.21. The zero-order chi connectivity index (χ0) is 28.6. The number of ether oxygens (including phenoxy) is 1. The van der Waals surface area contributed by atoms with Crippen LogP contribution in [0.4, 0.5) is 11.6 Å². The third-order valence-electron chi connectivity index (χ3n) is 9.12. The van der Waals surface area contributed by atoms with Gasteiger partial charge in [-0.05, 0) is 52.4 Å². The van der Waals surface area contributed by atoms with Gasteiger partial charge in [0.1, 0.15) is 16.7 Å². The number of anilines is 2. The molecule has 5 heterocycles. The number of hydrogen-bond acceptors (Lipinski definition) is 8. The molecule has 0 radical (unpaired) electrons. The van der Waals surface area contributed by atoms with Crippen molar-refractivity contribution in [3.8, 4) is 11.4 Å². The van der Waals surface area contributed by atoms with Gasteiger partial charge in [-0.1, -0.05) is 17.7 Å². The zero-order valence-electron chi connectivity index (χ0n) is 24.7. The lowest BCUT2D eigenvalue weighted by molar-refractivity contribution is 0.0639. The summed E-state index contributed by atoms with van der Waals surface area (Å²) in [6.45, 7) is 7.31. The smallest absolute Gasteiger partial charge is 0.162 e. The summed E-state index contributed by atoms with van der Waals surface area (Å²) in [5.41, 5.74) is 7.45. The van der Waals surface area contributed by atoms with Crippen molar-refractivity contribution in [1.29, 1.82) is 0 Å². The molecule has 2 aliphatic heterocycles. The molecule has 0 amide bonds. The Balaban J connectivity index is 1.36. The number of rotatable bonds is 6. The van der Waals surface area contributed by atoms with E-state index in [1.807, 2.05) is 11.7 Å². The normalized spacial score (nSPS) is 21.0.